The zero-order valence-electron chi connectivity index (χ0n) is 12.1. The van der Waals surface area contributed by atoms with E-state index in [2.05, 4.69) is 5.10 Å². The molecular weight excluding hydrogens is 270 g/mol. The third-order valence-corrected chi connectivity index (χ3v) is 3.26. The van der Waals surface area contributed by atoms with Crippen LogP contribution in [0.15, 0.2) is 90.0 Å². The van der Waals surface area contributed by atoms with Crippen LogP contribution in [0.2, 0.25) is 0 Å². The highest BCUT2D eigenvalue weighted by Crippen LogP contribution is 2.25. The van der Waals surface area contributed by atoms with Crippen molar-refractivity contribution in [2.24, 2.45) is 5.10 Å². The second-order valence-corrected chi connectivity index (χ2v) is 4.89. The summed E-state index contributed by atoms with van der Waals surface area (Å²) in [4.78, 5) is 0. The molecule has 0 bridgehead atoms. The molecule has 0 radical (unpaired) electrons. The van der Waals surface area contributed by atoms with Crippen LogP contribution in [0.25, 0.3) is 0 Å². The molecule has 0 aliphatic carbocycles. The van der Waals surface area contributed by atoms with Crippen LogP contribution in [0.5, 0.6) is 0 Å². The normalized spacial score (nSPS) is 10.7. The van der Waals surface area contributed by atoms with Gasteiger partial charge in [0.1, 0.15) is 0 Å². The van der Waals surface area contributed by atoms with Gasteiger partial charge in [-0.05, 0) is 42.0 Å². The quantitative estimate of drug-likeness (QED) is 0.438. The van der Waals surface area contributed by atoms with Crippen LogP contribution in [-0.4, -0.2) is 6.21 Å². The number of rotatable bonds is 4. The number of hydrogen-bond acceptors (Lipinski definition) is 3. The molecule has 0 atom stereocenters. The molecule has 108 valence electrons. The van der Waals surface area contributed by atoms with Gasteiger partial charge in [-0.15, -0.1) is 0 Å². The zero-order valence-corrected chi connectivity index (χ0v) is 12.1. The predicted molar refractivity (Wildman–Crippen MR) is 93.5 cm³/mol. The van der Waals surface area contributed by atoms with Crippen LogP contribution >= 0.6 is 0 Å². The Morgan fingerprint density at radius 3 is 1.68 bits per heavy atom. The molecule has 3 aromatic rings. The summed E-state index contributed by atoms with van der Waals surface area (Å²) in [6.07, 6.45) is 1.83. The van der Waals surface area contributed by atoms with Crippen molar-refractivity contribution in [1.29, 1.82) is 0 Å². The van der Waals surface area contributed by atoms with Crippen LogP contribution in [0.4, 0.5) is 17.1 Å². The van der Waals surface area contributed by atoms with E-state index in [0.29, 0.717) is 0 Å². The Balaban J connectivity index is 1.94. The summed E-state index contributed by atoms with van der Waals surface area (Å²) < 4.78 is 0. The first-order valence-electron chi connectivity index (χ1n) is 7.13. The molecule has 0 fully saturated rings. The predicted octanol–water partition coefficient (Wildman–Crippen LogP) is 4.44. The second-order valence-electron chi connectivity index (χ2n) is 4.89. The molecule has 0 spiro atoms. The lowest BCUT2D eigenvalue weighted by atomic mass is 10.2. The van der Waals surface area contributed by atoms with Gasteiger partial charge in [-0.1, -0.05) is 48.5 Å². The lowest BCUT2D eigenvalue weighted by Gasteiger charge is -2.19. The molecule has 3 nitrogen and oxygen atoms in total. The Kier molecular flexibility index (Phi) is 4.16. The molecule has 22 heavy (non-hydrogen) atoms. The van der Waals surface area contributed by atoms with Gasteiger partial charge < -0.3 is 5.73 Å². The molecule has 3 heteroatoms. The minimum Gasteiger partial charge on any atom is -0.399 e. The van der Waals surface area contributed by atoms with Crippen molar-refractivity contribution in [3.8, 4) is 0 Å². The Bertz CT molecular complexity index is 695. The summed E-state index contributed by atoms with van der Waals surface area (Å²) >= 11 is 0. The number of nitrogen functional groups attached to an aromatic ring is 1. The van der Waals surface area contributed by atoms with Gasteiger partial charge in [-0.2, -0.15) is 5.10 Å². The molecule has 0 heterocycles. The van der Waals surface area contributed by atoms with Crippen LogP contribution < -0.4 is 10.7 Å². The third kappa shape index (κ3) is 3.33. The first kappa shape index (κ1) is 13.9. The Labute approximate surface area is 130 Å². The summed E-state index contributed by atoms with van der Waals surface area (Å²) in [5.74, 6) is 0. The van der Waals surface area contributed by atoms with Gasteiger partial charge >= 0.3 is 0 Å². The second kappa shape index (κ2) is 6.59. The summed E-state index contributed by atoms with van der Waals surface area (Å²) in [5.41, 5.74) is 9.49. The molecule has 0 aliphatic rings. The van der Waals surface area contributed by atoms with E-state index in [1.165, 1.54) is 0 Å². The maximum Gasteiger partial charge on any atom is 0.0652 e. The lowest BCUT2D eigenvalue weighted by Crippen LogP contribution is -2.09. The van der Waals surface area contributed by atoms with Gasteiger partial charge in [0.15, 0.2) is 0 Å². The van der Waals surface area contributed by atoms with Crippen molar-refractivity contribution < 1.29 is 0 Å². The summed E-state index contributed by atoms with van der Waals surface area (Å²) in [5, 5.41) is 6.54. The van der Waals surface area contributed by atoms with Gasteiger partial charge in [0.25, 0.3) is 0 Å². The fourth-order valence-electron chi connectivity index (χ4n) is 2.13. The van der Waals surface area contributed by atoms with E-state index >= 15 is 0 Å². The molecule has 0 aromatic heterocycles. The molecule has 3 rings (SSSR count). The van der Waals surface area contributed by atoms with Crippen molar-refractivity contribution in [1.82, 2.24) is 0 Å². The Morgan fingerprint density at radius 2 is 1.18 bits per heavy atom. The Morgan fingerprint density at radius 1 is 0.682 bits per heavy atom. The van der Waals surface area contributed by atoms with Gasteiger partial charge in [-0.3, -0.25) is 0 Å². The van der Waals surface area contributed by atoms with Crippen molar-refractivity contribution in [2.45, 2.75) is 0 Å². The first-order valence-corrected chi connectivity index (χ1v) is 7.13. The molecule has 2 N–H and O–H groups in total. The topological polar surface area (TPSA) is 41.6 Å². The highest BCUT2D eigenvalue weighted by atomic mass is 15.5. The van der Waals surface area contributed by atoms with E-state index in [0.717, 1.165) is 22.6 Å². The van der Waals surface area contributed by atoms with Crippen molar-refractivity contribution in [3.05, 3.63) is 90.5 Å². The SMILES string of the molecule is Nc1ccc(C=NN(c2ccccc2)c2ccccc2)cc1. The van der Waals surface area contributed by atoms with E-state index < -0.39 is 0 Å². The molecule has 0 unspecified atom stereocenters. The number of nitrogens with zero attached hydrogens (tertiary/aromatic N) is 2. The van der Waals surface area contributed by atoms with Gasteiger partial charge in [0, 0.05) is 5.69 Å². The summed E-state index contributed by atoms with van der Waals surface area (Å²) in [6, 6.07) is 27.8. The minimum absolute atomic E-state index is 0.750. The van der Waals surface area contributed by atoms with E-state index in [-0.39, 0.29) is 0 Å². The smallest absolute Gasteiger partial charge is 0.0652 e. The van der Waals surface area contributed by atoms with Crippen LogP contribution in [-0.2, 0) is 0 Å². The standard InChI is InChI=1S/C19H17N3/c20-17-13-11-16(12-14-17)15-21-22(18-7-3-1-4-8-18)19-9-5-2-6-10-19/h1-15H,20H2. The number of hydrazone groups is 1. The highest BCUT2D eigenvalue weighted by molar-refractivity contribution is 5.82. The zero-order chi connectivity index (χ0) is 15.2. The fourth-order valence-corrected chi connectivity index (χ4v) is 2.13. The maximum absolute atomic E-state index is 5.71. The average Bonchev–Trinajstić information content (AvgIpc) is 2.59. The first-order chi connectivity index (χ1) is 10.8. The fraction of sp³-hybridized carbons (Fsp3) is 0. The highest BCUT2D eigenvalue weighted by Gasteiger charge is 2.06. The lowest BCUT2D eigenvalue weighted by molar-refractivity contribution is 1.09. The average molecular weight is 287 g/mol. The third-order valence-electron chi connectivity index (χ3n) is 3.26. The van der Waals surface area contributed by atoms with Gasteiger partial charge in [-0.25, -0.2) is 5.01 Å². The maximum atomic E-state index is 5.71. The van der Waals surface area contributed by atoms with Gasteiger partial charge in [0.05, 0.1) is 17.6 Å². The number of hydrogen-bond donors (Lipinski definition) is 1. The summed E-state index contributed by atoms with van der Waals surface area (Å²) in [6.45, 7) is 0. The number of anilines is 3. The minimum atomic E-state index is 0.750. The van der Waals surface area contributed by atoms with Crippen LogP contribution in [0.1, 0.15) is 5.56 Å². The van der Waals surface area contributed by atoms with Crippen LogP contribution in [0.3, 0.4) is 0 Å². The summed E-state index contributed by atoms with van der Waals surface area (Å²) in [7, 11) is 0. The van der Waals surface area contributed by atoms with Crippen molar-refractivity contribution in [2.75, 3.05) is 10.7 Å². The number of para-hydroxylation sites is 2. The van der Waals surface area contributed by atoms with Gasteiger partial charge in [0.2, 0.25) is 0 Å². The van der Waals surface area contributed by atoms with E-state index in [4.69, 9.17) is 5.73 Å². The number of benzene rings is 3. The van der Waals surface area contributed by atoms with E-state index in [1.807, 2.05) is 96.2 Å². The molecule has 0 aliphatic heterocycles. The largest absolute Gasteiger partial charge is 0.399 e. The molecule has 0 amide bonds. The van der Waals surface area contributed by atoms with Crippen molar-refractivity contribution in [3.63, 3.8) is 0 Å². The monoisotopic (exact) mass is 287 g/mol. The van der Waals surface area contributed by atoms with E-state index in [1.54, 1.807) is 0 Å². The molecule has 3 aromatic carbocycles. The van der Waals surface area contributed by atoms with Crippen molar-refractivity contribution >= 4 is 23.3 Å². The Hall–Kier alpha value is -3.07. The van der Waals surface area contributed by atoms with E-state index in [9.17, 15) is 0 Å². The molecule has 0 saturated carbocycles. The molecule has 0 saturated heterocycles. The van der Waals surface area contributed by atoms with Crippen LogP contribution in [0, 0.1) is 0 Å². The number of nitrogens with two attached hydrogens (primary N) is 1. The molecular formula is C19H17N3.